The number of carboxylic acids is 1. The third-order valence-corrected chi connectivity index (χ3v) is 3.64. The molecule has 3 nitrogen and oxygen atoms in total. The molecule has 1 aliphatic rings. The van der Waals surface area contributed by atoms with Gasteiger partial charge in [-0.1, -0.05) is 18.2 Å². The van der Waals surface area contributed by atoms with E-state index in [0.29, 0.717) is 12.1 Å². The predicted octanol–water partition coefficient (Wildman–Crippen LogP) is 2.34. The molecule has 0 radical (unpaired) electrons. The number of hydrogen-bond donors (Lipinski definition) is 1. The summed E-state index contributed by atoms with van der Waals surface area (Å²) < 4.78 is 13.8. The van der Waals surface area contributed by atoms with Crippen molar-refractivity contribution in [3.05, 3.63) is 35.6 Å². The monoisotopic (exact) mass is 251 g/mol. The molecule has 98 valence electrons. The molecule has 0 amide bonds. The van der Waals surface area contributed by atoms with Crippen LogP contribution in [0.4, 0.5) is 4.39 Å². The zero-order valence-corrected chi connectivity index (χ0v) is 10.5. The van der Waals surface area contributed by atoms with Crippen LogP contribution in [0.2, 0.25) is 0 Å². The largest absolute Gasteiger partial charge is 0.481 e. The van der Waals surface area contributed by atoms with E-state index in [0.717, 1.165) is 19.4 Å². The lowest BCUT2D eigenvalue weighted by Gasteiger charge is -2.33. The van der Waals surface area contributed by atoms with Gasteiger partial charge in [-0.15, -0.1) is 0 Å². The van der Waals surface area contributed by atoms with E-state index in [1.54, 1.807) is 18.2 Å². The van der Waals surface area contributed by atoms with E-state index in [9.17, 15) is 14.3 Å². The number of nitrogens with zero attached hydrogens (tertiary/aromatic N) is 1. The summed E-state index contributed by atoms with van der Waals surface area (Å²) in [6, 6.07) is 6.20. The molecule has 0 spiro atoms. The van der Waals surface area contributed by atoms with E-state index in [-0.39, 0.29) is 5.92 Å². The maximum absolute atomic E-state index is 13.8. The molecule has 1 aromatic rings. The highest BCUT2D eigenvalue weighted by molar-refractivity contribution is 5.76. The van der Waals surface area contributed by atoms with Crippen LogP contribution in [-0.4, -0.2) is 36.1 Å². The first-order chi connectivity index (χ1) is 8.59. The second-order valence-electron chi connectivity index (χ2n) is 5.00. The topological polar surface area (TPSA) is 40.5 Å². The molecule has 0 saturated carbocycles. The average Bonchev–Trinajstić information content (AvgIpc) is 2.32. The summed E-state index contributed by atoms with van der Waals surface area (Å²) in [5.74, 6) is -2.11. The summed E-state index contributed by atoms with van der Waals surface area (Å²) in [5.41, 5.74) is 0.310. The molecule has 1 saturated heterocycles. The van der Waals surface area contributed by atoms with Crippen molar-refractivity contribution in [2.45, 2.75) is 18.8 Å². The molecular formula is C14H18FNO2. The predicted molar refractivity (Wildman–Crippen MR) is 67.0 cm³/mol. The van der Waals surface area contributed by atoms with Gasteiger partial charge in [-0.2, -0.15) is 0 Å². The third kappa shape index (κ3) is 2.70. The fraction of sp³-hybridized carbons (Fsp3) is 0.500. The van der Waals surface area contributed by atoms with Crippen molar-refractivity contribution in [2.75, 3.05) is 20.1 Å². The summed E-state index contributed by atoms with van der Waals surface area (Å²) in [6.45, 7) is 1.70. The lowest BCUT2D eigenvalue weighted by atomic mass is 9.81. The lowest BCUT2D eigenvalue weighted by molar-refractivity contribution is -0.140. The molecule has 4 heteroatoms. The lowest BCUT2D eigenvalue weighted by Crippen LogP contribution is -2.37. The minimum absolute atomic E-state index is 0.0156. The van der Waals surface area contributed by atoms with Crippen LogP contribution in [0.15, 0.2) is 24.3 Å². The smallest absolute Gasteiger partial charge is 0.311 e. The van der Waals surface area contributed by atoms with E-state index >= 15 is 0 Å². The number of rotatable bonds is 3. The Morgan fingerprint density at radius 1 is 1.50 bits per heavy atom. The highest BCUT2D eigenvalue weighted by Gasteiger charge is 2.33. The number of carbonyl (C=O) groups is 1. The number of hydrogen-bond acceptors (Lipinski definition) is 2. The number of halogens is 1. The Kier molecular flexibility index (Phi) is 3.97. The van der Waals surface area contributed by atoms with Crippen LogP contribution in [0.1, 0.15) is 24.3 Å². The Hall–Kier alpha value is -1.42. The van der Waals surface area contributed by atoms with Crippen molar-refractivity contribution in [1.82, 2.24) is 4.90 Å². The Bertz CT molecular complexity index is 436. The number of likely N-dealkylation sites (tertiary alicyclic amines) is 1. The van der Waals surface area contributed by atoms with Crippen LogP contribution in [-0.2, 0) is 4.79 Å². The van der Waals surface area contributed by atoms with Crippen molar-refractivity contribution in [3.63, 3.8) is 0 Å². The Balaban J connectivity index is 2.28. The van der Waals surface area contributed by atoms with Gasteiger partial charge in [0.2, 0.25) is 0 Å². The van der Waals surface area contributed by atoms with Gasteiger partial charge in [0, 0.05) is 12.1 Å². The number of piperidine rings is 1. The summed E-state index contributed by atoms with van der Waals surface area (Å²) in [4.78, 5) is 13.6. The maximum atomic E-state index is 13.8. The quantitative estimate of drug-likeness (QED) is 0.896. The number of carboxylic acid groups (broad SMARTS) is 1. The summed E-state index contributed by atoms with van der Waals surface area (Å²) in [5, 5.41) is 9.40. The van der Waals surface area contributed by atoms with Gasteiger partial charge in [0.15, 0.2) is 0 Å². The third-order valence-electron chi connectivity index (χ3n) is 3.64. The van der Waals surface area contributed by atoms with E-state index < -0.39 is 17.7 Å². The molecule has 2 rings (SSSR count). The van der Waals surface area contributed by atoms with Crippen LogP contribution in [0.5, 0.6) is 0 Å². The van der Waals surface area contributed by atoms with Gasteiger partial charge in [0.25, 0.3) is 0 Å². The van der Waals surface area contributed by atoms with Crippen LogP contribution >= 0.6 is 0 Å². The Morgan fingerprint density at radius 2 is 2.22 bits per heavy atom. The minimum Gasteiger partial charge on any atom is -0.481 e. The average molecular weight is 251 g/mol. The molecule has 1 aromatic carbocycles. The molecule has 1 fully saturated rings. The normalized spacial score (nSPS) is 22.7. The van der Waals surface area contributed by atoms with E-state index in [4.69, 9.17) is 0 Å². The molecule has 1 N–H and O–H groups in total. The maximum Gasteiger partial charge on any atom is 0.311 e. The van der Waals surface area contributed by atoms with Crippen LogP contribution in [0, 0.1) is 11.7 Å². The molecule has 2 unspecified atom stereocenters. The SMILES string of the molecule is CN1CCCC(C(C(=O)O)c2ccccc2F)C1. The standard InChI is InChI=1S/C14H18FNO2/c1-16-8-4-5-10(9-16)13(14(17)18)11-6-2-3-7-12(11)15/h2-3,6-7,10,13H,4-5,8-9H2,1H3,(H,17,18). The van der Waals surface area contributed by atoms with E-state index in [2.05, 4.69) is 4.90 Å². The Labute approximate surface area is 106 Å². The fourth-order valence-corrected chi connectivity index (χ4v) is 2.79. The highest BCUT2D eigenvalue weighted by atomic mass is 19.1. The first-order valence-corrected chi connectivity index (χ1v) is 6.25. The van der Waals surface area contributed by atoms with Gasteiger partial charge in [-0.25, -0.2) is 4.39 Å². The first-order valence-electron chi connectivity index (χ1n) is 6.25. The van der Waals surface area contributed by atoms with Crippen LogP contribution < -0.4 is 0 Å². The van der Waals surface area contributed by atoms with Crippen molar-refractivity contribution in [2.24, 2.45) is 5.92 Å². The van der Waals surface area contributed by atoms with Gasteiger partial charge in [0.1, 0.15) is 5.82 Å². The molecule has 1 aliphatic heterocycles. The molecular weight excluding hydrogens is 233 g/mol. The van der Waals surface area contributed by atoms with Crippen molar-refractivity contribution < 1.29 is 14.3 Å². The Morgan fingerprint density at radius 3 is 2.83 bits per heavy atom. The summed E-state index contributed by atoms with van der Waals surface area (Å²) in [6.07, 6.45) is 1.81. The van der Waals surface area contributed by atoms with Crippen molar-refractivity contribution in [3.8, 4) is 0 Å². The van der Waals surface area contributed by atoms with Gasteiger partial charge in [0.05, 0.1) is 5.92 Å². The molecule has 2 atom stereocenters. The van der Waals surface area contributed by atoms with Gasteiger partial charge >= 0.3 is 5.97 Å². The van der Waals surface area contributed by atoms with Gasteiger partial charge in [-0.3, -0.25) is 4.79 Å². The van der Waals surface area contributed by atoms with Crippen LogP contribution in [0.25, 0.3) is 0 Å². The van der Waals surface area contributed by atoms with Crippen LogP contribution in [0.3, 0.4) is 0 Å². The summed E-state index contributed by atoms with van der Waals surface area (Å²) in [7, 11) is 1.98. The molecule has 0 aromatic heterocycles. The molecule has 1 heterocycles. The summed E-state index contributed by atoms with van der Waals surface area (Å²) >= 11 is 0. The van der Waals surface area contributed by atoms with Crippen molar-refractivity contribution in [1.29, 1.82) is 0 Å². The fourth-order valence-electron chi connectivity index (χ4n) is 2.79. The second kappa shape index (κ2) is 5.48. The van der Waals surface area contributed by atoms with Gasteiger partial charge in [-0.05, 0) is 38.4 Å². The molecule has 0 aliphatic carbocycles. The second-order valence-corrected chi connectivity index (χ2v) is 5.00. The first kappa shape index (κ1) is 13.0. The number of benzene rings is 1. The molecule has 0 bridgehead atoms. The zero-order chi connectivity index (χ0) is 13.1. The zero-order valence-electron chi connectivity index (χ0n) is 10.5. The van der Waals surface area contributed by atoms with Crippen molar-refractivity contribution >= 4 is 5.97 Å². The minimum atomic E-state index is -0.930. The van der Waals surface area contributed by atoms with E-state index in [1.165, 1.54) is 6.07 Å². The highest BCUT2D eigenvalue weighted by Crippen LogP contribution is 2.32. The van der Waals surface area contributed by atoms with E-state index in [1.807, 2.05) is 7.05 Å². The van der Waals surface area contributed by atoms with Gasteiger partial charge < -0.3 is 10.0 Å². The number of aliphatic carboxylic acids is 1. The molecule has 18 heavy (non-hydrogen) atoms.